The van der Waals surface area contributed by atoms with Crippen LogP contribution >= 0.6 is 0 Å². The van der Waals surface area contributed by atoms with Crippen molar-refractivity contribution in [2.24, 2.45) is 0 Å². The molecule has 1 N–H and O–H groups in total. The van der Waals surface area contributed by atoms with Gasteiger partial charge in [-0.3, -0.25) is 9.59 Å². The van der Waals surface area contributed by atoms with E-state index in [4.69, 9.17) is 0 Å². The Morgan fingerprint density at radius 1 is 0.871 bits per heavy atom. The van der Waals surface area contributed by atoms with Crippen LogP contribution in [0.25, 0.3) is 10.9 Å². The molecule has 0 spiro atoms. The minimum Gasteiger partial charge on any atom is -0.395 e. The normalized spacial score (nSPS) is 17.3. The van der Waals surface area contributed by atoms with E-state index in [9.17, 15) is 22.8 Å². The maximum atomic E-state index is 13.4. The topological polar surface area (TPSA) is 74.9 Å². The summed E-state index contributed by atoms with van der Waals surface area (Å²) in [5.41, 5.74) is 1.20. The highest BCUT2D eigenvalue weighted by Crippen LogP contribution is 2.41. The lowest BCUT2D eigenvalue weighted by atomic mass is 10.1. The summed E-state index contributed by atoms with van der Waals surface area (Å²) in [6.07, 6.45) is -3.75. The number of hydrogen-bond donors (Lipinski definition) is 1. The summed E-state index contributed by atoms with van der Waals surface area (Å²) >= 11 is 0. The van der Waals surface area contributed by atoms with Crippen molar-refractivity contribution in [1.82, 2.24) is 14.8 Å². The van der Waals surface area contributed by atoms with Crippen molar-refractivity contribution in [2.75, 3.05) is 26.2 Å². The number of carbonyl (C=O) groups excluding carboxylic acids is 2. The first-order chi connectivity index (χ1) is 14.8. The molecule has 0 unspecified atom stereocenters. The molecule has 10 heteroatoms. The van der Waals surface area contributed by atoms with Gasteiger partial charge in [0.2, 0.25) is 0 Å². The van der Waals surface area contributed by atoms with Crippen LogP contribution in [-0.2, 0) is 0 Å². The number of nitrogens with zero attached hydrogens (tertiary/aromatic N) is 2. The Balaban J connectivity index is 1.25. The van der Waals surface area contributed by atoms with E-state index >= 15 is 0 Å². The predicted molar refractivity (Wildman–Crippen MR) is 103 cm³/mol. The molecule has 0 radical (unpaired) electrons. The van der Waals surface area contributed by atoms with Crippen LogP contribution in [0.4, 0.5) is 13.2 Å². The molecule has 2 aliphatic rings. The molecule has 2 amide bonds. The lowest BCUT2D eigenvalue weighted by Crippen LogP contribution is -2.50. The third-order valence-electron chi connectivity index (χ3n) is 5.32. The molecule has 1 saturated heterocycles. The third kappa shape index (κ3) is 3.54. The number of piperazine rings is 1. The molecular weight excluding hydrogens is 415 g/mol. The summed E-state index contributed by atoms with van der Waals surface area (Å²) in [7, 11) is 0. The number of rotatable bonds is 2. The fraction of sp³-hybridized carbons (Fsp3) is 0.238. The van der Waals surface area contributed by atoms with Gasteiger partial charge >= 0.3 is 6.29 Å². The van der Waals surface area contributed by atoms with Gasteiger partial charge in [0.1, 0.15) is 11.5 Å². The van der Waals surface area contributed by atoms with Gasteiger partial charge < -0.3 is 24.3 Å². The SMILES string of the molecule is O=C(c1ccc2c(c1)OC(F)(F)O2)N1CCN(C(=O)c2cc3cc(F)ccc3[nH]2)CC1. The number of amides is 2. The van der Waals surface area contributed by atoms with Gasteiger partial charge in [-0.2, -0.15) is 0 Å². The fourth-order valence-electron chi connectivity index (χ4n) is 3.77. The van der Waals surface area contributed by atoms with Crippen molar-refractivity contribution in [3.05, 3.63) is 59.5 Å². The van der Waals surface area contributed by atoms with E-state index in [1.54, 1.807) is 21.9 Å². The molecule has 3 heterocycles. The number of hydrogen-bond acceptors (Lipinski definition) is 4. The van der Waals surface area contributed by atoms with Gasteiger partial charge in [-0.05, 0) is 42.5 Å². The van der Waals surface area contributed by atoms with E-state index in [2.05, 4.69) is 14.5 Å². The first kappa shape index (κ1) is 19.3. The number of aromatic amines is 1. The van der Waals surface area contributed by atoms with Crippen molar-refractivity contribution in [3.63, 3.8) is 0 Å². The molecule has 5 rings (SSSR count). The Labute approximate surface area is 173 Å². The summed E-state index contributed by atoms with van der Waals surface area (Å²) in [5, 5.41) is 0.602. The minimum atomic E-state index is -3.75. The highest BCUT2D eigenvalue weighted by molar-refractivity contribution is 5.98. The molecule has 1 fully saturated rings. The van der Waals surface area contributed by atoms with E-state index in [-0.39, 0.29) is 47.8 Å². The largest absolute Gasteiger partial charge is 0.586 e. The molecule has 2 aliphatic heterocycles. The molecule has 1 aromatic heterocycles. The lowest BCUT2D eigenvalue weighted by molar-refractivity contribution is -0.286. The van der Waals surface area contributed by atoms with Gasteiger partial charge in [-0.15, -0.1) is 8.78 Å². The first-order valence-corrected chi connectivity index (χ1v) is 9.56. The van der Waals surface area contributed by atoms with Crippen molar-refractivity contribution >= 4 is 22.7 Å². The van der Waals surface area contributed by atoms with E-state index in [1.165, 1.54) is 30.3 Å². The average molecular weight is 431 g/mol. The Bertz CT molecular complexity index is 1200. The molecule has 0 bridgehead atoms. The number of carbonyl (C=O) groups is 2. The van der Waals surface area contributed by atoms with Crippen molar-refractivity contribution in [3.8, 4) is 11.5 Å². The number of H-pyrrole nitrogens is 1. The van der Waals surface area contributed by atoms with Crippen LogP contribution in [0, 0.1) is 5.82 Å². The second-order valence-corrected chi connectivity index (χ2v) is 7.33. The van der Waals surface area contributed by atoms with Gasteiger partial charge in [0, 0.05) is 42.6 Å². The number of nitrogens with one attached hydrogen (secondary N) is 1. The number of fused-ring (bicyclic) bond motifs is 2. The van der Waals surface area contributed by atoms with Crippen LogP contribution < -0.4 is 9.47 Å². The molecular formula is C21H16F3N3O4. The molecule has 31 heavy (non-hydrogen) atoms. The van der Waals surface area contributed by atoms with Crippen molar-refractivity contribution in [2.45, 2.75) is 6.29 Å². The molecule has 2 aromatic carbocycles. The van der Waals surface area contributed by atoms with Crippen LogP contribution in [0.5, 0.6) is 11.5 Å². The second-order valence-electron chi connectivity index (χ2n) is 7.33. The smallest absolute Gasteiger partial charge is 0.395 e. The van der Waals surface area contributed by atoms with E-state index in [0.29, 0.717) is 29.7 Å². The molecule has 160 valence electrons. The molecule has 0 aliphatic carbocycles. The Morgan fingerprint density at radius 3 is 2.29 bits per heavy atom. The predicted octanol–water partition coefficient (Wildman–Crippen LogP) is 3.23. The maximum absolute atomic E-state index is 13.4. The van der Waals surface area contributed by atoms with Crippen molar-refractivity contribution < 1.29 is 32.2 Å². The zero-order valence-electron chi connectivity index (χ0n) is 16.0. The molecule has 7 nitrogen and oxygen atoms in total. The molecule has 0 atom stereocenters. The van der Waals surface area contributed by atoms with E-state index < -0.39 is 6.29 Å². The summed E-state index contributed by atoms with van der Waals surface area (Å²) < 4.78 is 48.5. The summed E-state index contributed by atoms with van der Waals surface area (Å²) in [5.74, 6) is -1.30. The number of aromatic nitrogens is 1. The fourth-order valence-corrected chi connectivity index (χ4v) is 3.77. The number of ether oxygens (including phenoxy) is 2. The quantitative estimate of drug-likeness (QED) is 0.676. The highest BCUT2D eigenvalue weighted by atomic mass is 19.3. The third-order valence-corrected chi connectivity index (χ3v) is 5.32. The second kappa shape index (κ2) is 6.93. The van der Waals surface area contributed by atoms with Crippen molar-refractivity contribution in [1.29, 1.82) is 0 Å². The van der Waals surface area contributed by atoms with E-state index in [1.807, 2.05) is 0 Å². The number of halogens is 3. The summed E-state index contributed by atoms with van der Waals surface area (Å²) in [4.78, 5) is 31.7. The average Bonchev–Trinajstić information content (AvgIpc) is 3.30. The Kier molecular flexibility index (Phi) is 4.31. The molecule has 0 saturated carbocycles. The molecule has 3 aromatic rings. The van der Waals surface area contributed by atoms with Crippen LogP contribution in [0.2, 0.25) is 0 Å². The number of benzene rings is 2. The van der Waals surface area contributed by atoms with Gasteiger partial charge in [-0.1, -0.05) is 0 Å². The van der Waals surface area contributed by atoms with Crippen LogP contribution in [0.15, 0.2) is 42.5 Å². The monoisotopic (exact) mass is 431 g/mol. The van der Waals surface area contributed by atoms with Gasteiger partial charge in [-0.25, -0.2) is 4.39 Å². The van der Waals surface area contributed by atoms with E-state index in [0.717, 1.165) is 0 Å². The Hall–Kier alpha value is -3.69. The lowest BCUT2D eigenvalue weighted by Gasteiger charge is -2.34. The van der Waals surface area contributed by atoms with Gasteiger partial charge in [0.15, 0.2) is 11.5 Å². The van der Waals surface area contributed by atoms with Crippen LogP contribution in [0.1, 0.15) is 20.8 Å². The van der Waals surface area contributed by atoms with Gasteiger partial charge in [0.05, 0.1) is 0 Å². The van der Waals surface area contributed by atoms with Crippen LogP contribution in [0.3, 0.4) is 0 Å². The highest BCUT2D eigenvalue weighted by Gasteiger charge is 2.43. The maximum Gasteiger partial charge on any atom is 0.586 e. The minimum absolute atomic E-state index is 0.129. The zero-order valence-corrected chi connectivity index (χ0v) is 16.0. The first-order valence-electron chi connectivity index (χ1n) is 9.56. The standard InChI is InChI=1S/C21H16F3N3O4/c22-14-2-3-15-13(9-14)10-16(25-15)20(29)27-7-5-26(6-8-27)19(28)12-1-4-17-18(11-12)31-21(23,24)30-17/h1-4,9-11,25H,5-8H2. The summed E-state index contributed by atoms with van der Waals surface area (Å²) in [6.45, 7) is 1.17. The number of alkyl halides is 2. The summed E-state index contributed by atoms with van der Waals surface area (Å²) in [6, 6.07) is 9.71. The Morgan fingerprint density at radius 2 is 1.55 bits per heavy atom. The van der Waals surface area contributed by atoms with Gasteiger partial charge in [0.25, 0.3) is 11.8 Å². The van der Waals surface area contributed by atoms with Crippen LogP contribution in [-0.4, -0.2) is 59.1 Å². The zero-order chi connectivity index (χ0) is 21.8.